The predicted molar refractivity (Wildman–Crippen MR) is 139 cm³/mol. The molecule has 0 spiro atoms. The zero-order valence-electron chi connectivity index (χ0n) is 20.0. The van der Waals surface area contributed by atoms with E-state index in [0.29, 0.717) is 17.7 Å². The molecule has 178 valence electrons. The van der Waals surface area contributed by atoms with Crippen LogP contribution in [-0.2, 0) is 18.4 Å². The lowest BCUT2D eigenvalue weighted by Gasteiger charge is -2.17. The minimum Gasteiger partial charge on any atom is -0.481 e. The number of nitrogens with two attached hydrogens (primary N) is 1. The first-order valence-electron chi connectivity index (χ1n) is 11.6. The van der Waals surface area contributed by atoms with E-state index in [1.54, 1.807) is 21.3 Å². The van der Waals surface area contributed by atoms with E-state index in [1.165, 1.54) is 5.56 Å². The molecule has 3 aromatic carbocycles. The van der Waals surface area contributed by atoms with Crippen LogP contribution >= 0.6 is 0 Å². The van der Waals surface area contributed by atoms with Gasteiger partial charge in [0.2, 0.25) is 0 Å². The molecular weight excluding hydrogens is 440 g/mol. The zero-order chi connectivity index (χ0) is 24.9. The number of hydrogen-bond acceptors (Lipinski definition) is 3. The maximum absolute atomic E-state index is 14.0. The van der Waals surface area contributed by atoms with Crippen molar-refractivity contribution in [2.24, 2.45) is 7.05 Å². The van der Waals surface area contributed by atoms with Gasteiger partial charge in [0.1, 0.15) is 0 Å². The van der Waals surface area contributed by atoms with E-state index in [1.807, 2.05) is 43.4 Å². The first-order chi connectivity index (χ1) is 16.7. The number of aromatic nitrogens is 3. The van der Waals surface area contributed by atoms with E-state index in [9.17, 15) is 14.7 Å². The van der Waals surface area contributed by atoms with Crippen molar-refractivity contribution in [2.45, 2.75) is 32.9 Å². The number of nitrogen functional groups attached to an aromatic ring is 1. The Morgan fingerprint density at radius 1 is 1.00 bits per heavy atom. The van der Waals surface area contributed by atoms with Crippen molar-refractivity contribution in [3.63, 3.8) is 0 Å². The second-order valence-corrected chi connectivity index (χ2v) is 9.25. The molecule has 0 unspecified atom stereocenters. The number of fused-ring (bicyclic) bond motifs is 2. The molecule has 0 amide bonds. The Hall–Kier alpha value is -4.26. The molecule has 0 aliphatic rings. The largest absolute Gasteiger partial charge is 0.481 e. The molecule has 0 aliphatic heterocycles. The number of carboxylic acid groups (broad SMARTS) is 1. The number of aliphatic carboxylic acids is 1. The Bertz CT molecular complexity index is 1640. The number of rotatable bonds is 6. The summed E-state index contributed by atoms with van der Waals surface area (Å²) in [4.78, 5) is 25.8. The summed E-state index contributed by atoms with van der Waals surface area (Å²) < 4.78 is 5.39. The topological polar surface area (TPSA) is 95.2 Å². The third-order valence-corrected chi connectivity index (χ3v) is 6.69. The minimum atomic E-state index is -0.976. The number of carbonyl (C=O) groups is 1. The highest BCUT2D eigenvalue weighted by Gasteiger charge is 2.25. The van der Waals surface area contributed by atoms with Gasteiger partial charge in [-0.05, 0) is 60.4 Å². The lowest BCUT2D eigenvalue weighted by molar-refractivity contribution is -0.137. The number of anilines is 1. The summed E-state index contributed by atoms with van der Waals surface area (Å²) in [6.45, 7) is 4.53. The molecule has 0 saturated heterocycles. The Kier molecular flexibility index (Phi) is 5.47. The van der Waals surface area contributed by atoms with E-state index in [-0.39, 0.29) is 12.1 Å². The van der Waals surface area contributed by atoms with Gasteiger partial charge in [-0.3, -0.25) is 13.9 Å². The average Bonchev–Trinajstić information content (AvgIpc) is 3.26. The second-order valence-electron chi connectivity index (χ2n) is 9.25. The Morgan fingerprint density at radius 2 is 1.74 bits per heavy atom. The average molecular weight is 469 g/mol. The molecular formula is C28H28N4O3. The third-order valence-electron chi connectivity index (χ3n) is 6.69. The molecule has 2 heterocycles. The molecule has 7 nitrogen and oxygen atoms in total. The van der Waals surface area contributed by atoms with Gasteiger partial charge in [0.25, 0.3) is 0 Å². The molecule has 0 fully saturated rings. The van der Waals surface area contributed by atoms with Gasteiger partial charge >= 0.3 is 11.7 Å². The van der Waals surface area contributed by atoms with E-state index in [4.69, 9.17) is 5.73 Å². The van der Waals surface area contributed by atoms with E-state index in [2.05, 4.69) is 36.7 Å². The molecule has 0 aliphatic carbocycles. The molecule has 0 radical (unpaired) electrons. The van der Waals surface area contributed by atoms with Gasteiger partial charge in [-0.15, -0.1) is 0 Å². The van der Waals surface area contributed by atoms with Crippen LogP contribution in [0.3, 0.4) is 0 Å². The monoisotopic (exact) mass is 468 g/mol. The maximum Gasteiger partial charge on any atom is 0.330 e. The summed E-state index contributed by atoms with van der Waals surface area (Å²) in [5.74, 6) is -0.976. The van der Waals surface area contributed by atoms with Crippen molar-refractivity contribution >= 4 is 33.6 Å². The lowest BCUT2D eigenvalue weighted by atomic mass is 10.0. The Morgan fingerprint density at radius 3 is 2.46 bits per heavy atom. The number of aryl methyl sites for hydroxylation is 3. The normalized spacial score (nSPS) is 12.4. The lowest BCUT2D eigenvalue weighted by Crippen LogP contribution is -2.29. The molecule has 2 aromatic heterocycles. The standard InChI is InChI=1S/C28H28N4O3/c1-17-11-18(2)27-20(15-30(3)25(27)12-17)16-31-22-10-9-21(29)13-24(22)32(28(31)35)23(14-26(33)34)19-7-5-4-6-8-19/h4-13,15,23H,14,16,29H2,1-3H3,(H,33,34)/t23-/m1/s1. The summed E-state index contributed by atoms with van der Waals surface area (Å²) in [5.41, 5.74) is 13.0. The fourth-order valence-electron chi connectivity index (χ4n) is 5.25. The molecule has 3 N–H and O–H groups in total. The van der Waals surface area contributed by atoms with Crippen LogP contribution in [0.4, 0.5) is 5.69 Å². The molecule has 0 bridgehead atoms. The van der Waals surface area contributed by atoms with Gasteiger partial charge in [0, 0.05) is 29.8 Å². The van der Waals surface area contributed by atoms with Crippen LogP contribution in [0, 0.1) is 13.8 Å². The van der Waals surface area contributed by atoms with Crippen LogP contribution in [0.2, 0.25) is 0 Å². The van der Waals surface area contributed by atoms with Crippen molar-refractivity contribution in [3.05, 3.63) is 99.6 Å². The number of hydrogen-bond donors (Lipinski definition) is 2. The van der Waals surface area contributed by atoms with Crippen molar-refractivity contribution < 1.29 is 9.90 Å². The highest BCUT2D eigenvalue weighted by atomic mass is 16.4. The van der Waals surface area contributed by atoms with Crippen LogP contribution in [0.1, 0.15) is 34.7 Å². The summed E-state index contributed by atoms with van der Waals surface area (Å²) in [7, 11) is 2.01. The predicted octanol–water partition coefficient (Wildman–Crippen LogP) is 4.61. The number of imidazole rings is 1. The van der Waals surface area contributed by atoms with Crippen molar-refractivity contribution in [2.75, 3.05) is 5.73 Å². The minimum absolute atomic E-state index is 0.218. The van der Waals surface area contributed by atoms with Gasteiger partial charge in [0.05, 0.1) is 30.0 Å². The first-order valence-corrected chi connectivity index (χ1v) is 11.6. The zero-order valence-corrected chi connectivity index (χ0v) is 20.0. The maximum atomic E-state index is 14.0. The van der Waals surface area contributed by atoms with E-state index < -0.39 is 12.0 Å². The molecule has 5 rings (SSSR count). The van der Waals surface area contributed by atoms with Crippen molar-refractivity contribution in [1.29, 1.82) is 0 Å². The first kappa shape index (κ1) is 22.5. The van der Waals surface area contributed by atoms with Gasteiger partial charge in [-0.1, -0.05) is 36.4 Å². The van der Waals surface area contributed by atoms with Gasteiger partial charge < -0.3 is 15.4 Å². The van der Waals surface area contributed by atoms with Gasteiger partial charge in [-0.2, -0.15) is 0 Å². The van der Waals surface area contributed by atoms with Crippen LogP contribution in [-0.4, -0.2) is 24.8 Å². The molecule has 35 heavy (non-hydrogen) atoms. The Balaban J connectivity index is 1.75. The van der Waals surface area contributed by atoms with Crippen LogP contribution in [0.25, 0.3) is 21.9 Å². The smallest absolute Gasteiger partial charge is 0.330 e. The quantitative estimate of drug-likeness (QED) is 0.356. The van der Waals surface area contributed by atoms with Crippen LogP contribution in [0.5, 0.6) is 0 Å². The summed E-state index contributed by atoms with van der Waals surface area (Å²) >= 11 is 0. The molecule has 5 aromatic rings. The van der Waals surface area contributed by atoms with Gasteiger partial charge in [-0.25, -0.2) is 4.79 Å². The van der Waals surface area contributed by atoms with Crippen LogP contribution in [0.15, 0.2) is 71.7 Å². The summed E-state index contributed by atoms with van der Waals surface area (Å²) in [5, 5.41) is 10.8. The second kappa shape index (κ2) is 8.51. The highest BCUT2D eigenvalue weighted by Crippen LogP contribution is 2.30. The third kappa shape index (κ3) is 3.89. The van der Waals surface area contributed by atoms with Crippen LogP contribution < -0.4 is 11.4 Å². The number of benzene rings is 3. The van der Waals surface area contributed by atoms with Crippen molar-refractivity contribution in [1.82, 2.24) is 13.7 Å². The molecule has 1 atom stereocenters. The highest BCUT2D eigenvalue weighted by molar-refractivity contribution is 5.88. The number of nitrogens with zero attached hydrogens (tertiary/aromatic N) is 3. The van der Waals surface area contributed by atoms with E-state index in [0.717, 1.165) is 33.1 Å². The number of carboxylic acids is 1. The van der Waals surface area contributed by atoms with E-state index >= 15 is 0 Å². The summed E-state index contributed by atoms with van der Waals surface area (Å²) in [6.07, 6.45) is 1.85. The molecule has 0 saturated carbocycles. The molecule has 7 heteroatoms. The SMILES string of the molecule is Cc1cc(C)c2c(Cn3c(=O)n([C@H](CC(=O)O)c4ccccc4)c4cc(N)ccc43)cn(C)c2c1. The summed E-state index contributed by atoms with van der Waals surface area (Å²) in [6, 6.07) is 18.3. The van der Waals surface area contributed by atoms with Crippen molar-refractivity contribution in [3.8, 4) is 0 Å². The Labute approximate surface area is 202 Å². The fourth-order valence-corrected chi connectivity index (χ4v) is 5.25. The fraction of sp³-hybridized carbons (Fsp3) is 0.214. The van der Waals surface area contributed by atoms with Gasteiger partial charge in [0.15, 0.2) is 0 Å².